The minimum atomic E-state index is -4.45. The summed E-state index contributed by atoms with van der Waals surface area (Å²) in [5.74, 6) is -1.94. The highest BCUT2D eigenvalue weighted by Crippen LogP contribution is 2.38. The van der Waals surface area contributed by atoms with Gasteiger partial charge in [-0.25, -0.2) is 0 Å². The van der Waals surface area contributed by atoms with Crippen molar-refractivity contribution in [2.75, 3.05) is 42.6 Å². The average molecular weight is 467 g/mol. The number of halogens is 6. The fraction of sp³-hybridized carbons (Fsp3) is 0.650. The largest absolute Gasteiger partial charge is 0.405 e. The smallest absolute Gasteiger partial charge is 0.397 e. The lowest BCUT2D eigenvalue weighted by Crippen LogP contribution is -2.57. The molecule has 0 spiro atoms. The Kier molecular flexibility index (Phi) is 7.01. The lowest BCUT2D eigenvalue weighted by Gasteiger charge is -2.37. The van der Waals surface area contributed by atoms with Crippen LogP contribution >= 0.6 is 0 Å². The number of nitrogens with two attached hydrogens (primary N) is 1. The Bertz CT molecular complexity index is 820. The number of hydrogen-bond donors (Lipinski definition) is 4. The van der Waals surface area contributed by atoms with Crippen LogP contribution in [0.25, 0.3) is 0 Å². The molecule has 1 aromatic rings. The molecule has 1 saturated carbocycles. The second kappa shape index (κ2) is 9.24. The minimum absolute atomic E-state index is 0.0754. The van der Waals surface area contributed by atoms with Crippen LogP contribution in [0.1, 0.15) is 36.0 Å². The maximum absolute atomic E-state index is 13.2. The third-order valence-corrected chi connectivity index (χ3v) is 6.12. The van der Waals surface area contributed by atoms with E-state index in [0.717, 1.165) is 0 Å². The molecule has 1 atom stereocenters. The van der Waals surface area contributed by atoms with Gasteiger partial charge in [0.25, 0.3) is 5.91 Å². The van der Waals surface area contributed by atoms with Gasteiger partial charge in [-0.3, -0.25) is 4.79 Å². The van der Waals surface area contributed by atoms with Crippen molar-refractivity contribution >= 4 is 23.0 Å². The fourth-order valence-electron chi connectivity index (χ4n) is 4.28. The summed E-state index contributed by atoms with van der Waals surface area (Å²) >= 11 is 0. The van der Waals surface area contributed by atoms with Gasteiger partial charge in [-0.15, -0.1) is 0 Å². The first-order valence-corrected chi connectivity index (χ1v) is 10.4. The highest BCUT2D eigenvalue weighted by molar-refractivity contribution is 6.02. The molecule has 0 radical (unpaired) electrons. The predicted octanol–water partition coefficient (Wildman–Crippen LogP) is 3.50. The highest BCUT2D eigenvalue weighted by Gasteiger charge is 2.43. The van der Waals surface area contributed by atoms with Crippen LogP contribution in [0.2, 0.25) is 0 Å². The Labute approximate surface area is 181 Å². The number of benzene rings is 1. The first-order valence-electron chi connectivity index (χ1n) is 10.4. The van der Waals surface area contributed by atoms with Crippen LogP contribution in [-0.4, -0.2) is 57.0 Å². The number of nitrogens with zero attached hydrogens (tertiary/aromatic N) is 1. The molecule has 0 aromatic heterocycles. The molecule has 1 aromatic carbocycles. The summed E-state index contributed by atoms with van der Waals surface area (Å²) in [4.78, 5) is 14.5. The predicted molar refractivity (Wildman–Crippen MR) is 110 cm³/mol. The van der Waals surface area contributed by atoms with Crippen molar-refractivity contribution in [3.05, 3.63) is 17.7 Å². The summed E-state index contributed by atoms with van der Waals surface area (Å²) in [6.45, 7) is -0.0594. The van der Waals surface area contributed by atoms with Gasteiger partial charge in [-0.2, -0.15) is 26.3 Å². The van der Waals surface area contributed by atoms with Gasteiger partial charge >= 0.3 is 12.4 Å². The molecule has 1 unspecified atom stereocenters. The molecule has 1 aliphatic heterocycles. The van der Waals surface area contributed by atoms with Crippen LogP contribution in [-0.2, 0) is 0 Å². The van der Waals surface area contributed by atoms with Crippen LogP contribution in [0.3, 0.4) is 0 Å². The second-order valence-corrected chi connectivity index (χ2v) is 8.26. The molecule has 180 valence electrons. The van der Waals surface area contributed by atoms with Gasteiger partial charge in [0.1, 0.15) is 6.04 Å². The maximum atomic E-state index is 13.2. The number of carbonyl (C=O) groups excluding carboxylic acids is 1. The summed E-state index contributed by atoms with van der Waals surface area (Å²) in [6.07, 6.45) is -8.49. The monoisotopic (exact) mass is 467 g/mol. The van der Waals surface area contributed by atoms with E-state index < -0.39 is 36.3 Å². The molecular formula is C20H27F6N5O. The van der Waals surface area contributed by atoms with Crippen LogP contribution in [0.15, 0.2) is 12.1 Å². The molecule has 1 saturated heterocycles. The highest BCUT2D eigenvalue weighted by atomic mass is 19.4. The van der Waals surface area contributed by atoms with Gasteiger partial charge < -0.3 is 26.6 Å². The Balaban J connectivity index is 1.80. The van der Waals surface area contributed by atoms with Crippen molar-refractivity contribution in [2.45, 2.75) is 50.1 Å². The quantitative estimate of drug-likeness (QED) is 0.403. The molecule has 5 N–H and O–H groups in total. The zero-order chi connectivity index (χ0) is 23.7. The molecule has 6 nitrogen and oxygen atoms in total. The molecule has 2 aliphatic rings. The Hall–Kier alpha value is -2.37. The van der Waals surface area contributed by atoms with E-state index in [9.17, 15) is 31.1 Å². The number of anilines is 3. The van der Waals surface area contributed by atoms with Gasteiger partial charge in [-0.05, 0) is 37.8 Å². The van der Waals surface area contributed by atoms with Gasteiger partial charge in [-0.1, -0.05) is 0 Å². The van der Waals surface area contributed by atoms with Gasteiger partial charge in [0.15, 0.2) is 0 Å². The SMILES string of the molecule is CNc1cc(N2CCNC(C(F)(F)F)C2)c(C(=O)NC2CCC(C(F)(F)F)CC2)cc1N. The number of hydrogen-bond acceptors (Lipinski definition) is 5. The van der Waals surface area contributed by atoms with Crippen LogP contribution < -0.4 is 26.6 Å². The number of piperazine rings is 1. The lowest BCUT2D eigenvalue weighted by molar-refractivity contribution is -0.182. The van der Waals surface area contributed by atoms with E-state index in [1.54, 1.807) is 7.05 Å². The summed E-state index contributed by atoms with van der Waals surface area (Å²) in [5, 5.41) is 8.03. The van der Waals surface area contributed by atoms with Crippen molar-refractivity contribution in [2.24, 2.45) is 5.92 Å². The standard InChI is InChI=1S/C20H27F6N5O/c1-28-15-9-16(31-7-6-29-17(10-31)20(24,25)26)13(8-14(15)27)18(32)30-12-4-2-11(3-5-12)19(21,22)23/h8-9,11-12,17,28-29H,2-7,10,27H2,1H3,(H,30,32). The van der Waals surface area contributed by atoms with Crippen LogP contribution in [0, 0.1) is 5.92 Å². The maximum Gasteiger partial charge on any atom is 0.405 e. The van der Waals surface area contributed by atoms with E-state index in [0.29, 0.717) is 11.4 Å². The van der Waals surface area contributed by atoms with Crippen molar-refractivity contribution in [3.8, 4) is 0 Å². The molecular weight excluding hydrogens is 440 g/mol. The molecule has 12 heteroatoms. The van der Waals surface area contributed by atoms with Crippen molar-refractivity contribution in [1.29, 1.82) is 0 Å². The number of nitrogens with one attached hydrogen (secondary N) is 3. The molecule has 0 bridgehead atoms. The average Bonchev–Trinajstić information content (AvgIpc) is 2.72. The fourth-order valence-corrected chi connectivity index (χ4v) is 4.28. The van der Waals surface area contributed by atoms with Crippen molar-refractivity contribution in [1.82, 2.24) is 10.6 Å². The van der Waals surface area contributed by atoms with Crippen LogP contribution in [0.5, 0.6) is 0 Å². The van der Waals surface area contributed by atoms with E-state index in [1.165, 1.54) is 17.0 Å². The third-order valence-electron chi connectivity index (χ3n) is 6.12. The second-order valence-electron chi connectivity index (χ2n) is 8.26. The van der Waals surface area contributed by atoms with E-state index in [-0.39, 0.29) is 56.6 Å². The summed E-state index contributed by atoms with van der Waals surface area (Å²) in [6, 6.07) is 0.733. The molecule has 1 aliphatic carbocycles. The number of nitrogen functional groups attached to an aromatic ring is 1. The zero-order valence-corrected chi connectivity index (χ0v) is 17.5. The molecule has 1 heterocycles. The molecule has 32 heavy (non-hydrogen) atoms. The normalized spacial score (nSPS) is 24.8. The Morgan fingerprint density at radius 3 is 2.31 bits per heavy atom. The minimum Gasteiger partial charge on any atom is -0.397 e. The van der Waals surface area contributed by atoms with E-state index in [2.05, 4.69) is 16.0 Å². The van der Waals surface area contributed by atoms with Crippen molar-refractivity contribution < 1.29 is 31.1 Å². The molecule has 1 amide bonds. The van der Waals surface area contributed by atoms with E-state index in [4.69, 9.17) is 5.73 Å². The Morgan fingerprint density at radius 1 is 1.09 bits per heavy atom. The molecule has 3 rings (SSSR count). The van der Waals surface area contributed by atoms with E-state index in [1.807, 2.05) is 0 Å². The third kappa shape index (κ3) is 5.51. The summed E-state index contributed by atoms with van der Waals surface area (Å²) in [5.41, 5.74) is 7.08. The van der Waals surface area contributed by atoms with Gasteiger partial charge in [0.2, 0.25) is 0 Å². The lowest BCUT2D eigenvalue weighted by atomic mass is 9.85. The van der Waals surface area contributed by atoms with E-state index >= 15 is 0 Å². The number of amides is 1. The number of rotatable bonds is 4. The summed E-state index contributed by atoms with van der Waals surface area (Å²) < 4.78 is 78.4. The topological polar surface area (TPSA) is 82.4 Å². The van der Waals surface area contributed by atoms with Crippen LogP contribution in [0.4, 0.5) is 43.4 Å². The molecule has 2 fully saturated rings. The summed E-state index contributed by atoms with van der Waals surface area (Å²) in [7, 11) is 1.60. The van der Waals surface area contributed by atoms with Gasteiger partial charge in [0.05, 0.1) is 28.5 Å². The Morgan fingerprint density at radius 2 is 1.75 bits per heavy atom. The number of carbonyl (C=O) groups is 1. The zero-order valence-electron chi connectivity index (χ0n) is 17.5. The first-order chi connectivity index (χ1) is 14.9. The van der Waals surface area contributed by atoms with Crippen molar-refractivity contribution in [3.63, 3.8) is 0 Å². The van der Waals surface area contributed by atoms with Gasteiger partial charge in [0, 0.05) is 32.7 Å². The first kappa shape index (κ1) is 24.3. The number of alkyl halides is 6.